The molecule has 0 spiro atoms. The van der Waals surface area contributed by atoms with Crippen LogP contribution in [0.1, 0.15) is 24.0 Å². The summed E-state index contributed by atoms with van der Waals surface area (Å²) in [6.07, 6.45) is 1.47. The predicted octanol–water partition coefficient (Wildman–Crippen LogP) is 4.00. The summed E-state index contributed by atoms with van der Waals surface area (Å²) in [4.78, 5) is 15.8. The number of amides is 1. The molecule has 0 bridgehead atoms. The van der Waals surface area contributed by atoms with Gasteiger partial charge in [0.2, 0.25) is 5.91 Å². The van der Waals surface area contributed by atoms with Crippen molar-refractivity contribution in [1.29, 1.82) is 0 Å². The number of carbonyl (C=O) groups excluding carboxylic acids is 1. The molecular formula is C20H24N2OS. The highest BCUT2D eigenvalue weighted by atomic mass is 32.2. The van der Waals surface area contributed by atoms with Crippen molar-refractivity contribution in [3.8, 4) is 0 Å². The van der Waals surface area contributed by atoms with Gasteiger partial charge in [0.1, 0.15) is 0 Å². The van der Waals surface area contributed by atoms with E-state index in [0.29, 0.717) is 13.0 Å². The van der Waals surface area contributed by atoms with E-state index in [0.717, 1.165) is 25.3 Å². The number of aryl methyl sites for hydroxylation is 1. The largest absolute Gasteiger partial charge is 0.370 e. The van der Waals surface area contributed by atoms with E-state index >= 15 is 0 Å². The van der Waals surface area contributed by atoms with Crippen LogP contribution < -0.4 is 10.2 Å². The highest BCUT2D eigenvalue weighted by molar-refractivity contribution is 7.99. The number of carbonyl (C=O) groups is 1. The molecule has 0 radical (unpaired) electrons. The monoisotopic (exact) mass is 340 g/mol. The van der Waals surface area contributed by atoms with Crippen LogP contribution in [0.25, 0.3) is 0 Å². The van der Waals surface area contributed by atoms with Crippen LogP contribution in [-0.4, -0.2) is 24.7 Å². The molecule has 0 fully saturated rings. The van der Waals surface area contributed by atoms with Crippen LogP contribution in [0.4, 0.5) is 5.69 Å². The molecule has 1 N–H and O–H groups in total. The van der Waals surface area contributed by atoms with Crippen molar-refractivity contribution >= 4 is 23.4 Å². The number of hydrogen-bond donors (Lipinski definition) is 1. The van der Waals surface area contributed by atoms with Gasteiger partial charge in [-0.1, -0.05) is 36.4 Å². The highest BCUT2D eigenvalue weighted by Gasteiger charge is 2.16. The maximum absolute atomic E-state index is 12.1. The molecule has 24 heavy (non-hydrogen) atoms. The lowest BCUT2D eigenvalue weighted by molar-refractivity contribution is -0.121. The Balaban J connectivity index is 1.44. The van der Waals surface area contributed by atoms with Gasteiger partial charge >= 0.3 is 0 Å². The zero-order valence-corrected chi connectivity index (χ0v) is 14.9. The van der Waals surface area contributed by atoms with E-state index in [-0.39, 0.29) is 5.91 Å². The molecule has 1 aliphatic rings. The molecule has 0 atom stereocenters. The van der Waals surface area contributed by atoms with E-state index in [9.17, 15) is 4.79 Å². The Labute approximate surface area is 148 Å². The molecule has 0 saturated heterocycles. The number of rotatable bonds is 6. The lowest BCUT2D eigenvalue weighted by Gasteiger charge is -2.30. The molecule has 4 heteroatoms. The maximum Gasteiger partial charge on any atom is 0.220 e. The predicted molar refractivity (Wildman–Crippen MR) is 102 cm³/mol. The van der Waals surface area contributed by atoms with E-state index < -0.39 is 0 Å². The Kier molecular flexibility index (Phi) is 5.81. The molecule has 0 aliphatic carbocycles. The Morgan fingerprint density at radius 1 is 1.17 bits per heavy atom. The average Bonchev–Trinajstić information content (AvgIpc) is 2.61. The van der Waals surface area contributed by atoms with Crippen LogP contribution in [0.2, 0.25) is 0 Å². The second-order valence-electron chi connectivity index (χ2n) is 6.11. The molecule has 3 nitrogen and oxygen atoms in total. The topological polar surface area (TPSA) is 32.3 Å². The van der Waals surface area contributed by atoms with Gasteiger partial charge in [0.25, 0.3) is 0 Å². The van der Waals surface area contributed by atoms with Crippen molar-refractivity contribution in [2.45, 2.75) is 31.2 Å². The van der Waals surface area contributed by atoms with E-state index in [1.807, 2.05) is 23.9 Å². The fourth-order valence-electron chi connectivity index (χ4n) is 2.98. The fraction of sp³-hybridized carbons (Fsp3) is 0.350. The first-order valence-electron chi connectivity index (χ1n) is 8.52. The van der Waals surface area contributed by atoms with Crippen molar-refractivity contribution in [3.05, 3.63) is 59.7 Å². The van der Waals surface area contributed by atoms with E-state index in [4.69, 9.17) is 0 Å². The summed E-state index contributed by atoms with van der Waals surface area (Å²) in [5.74, 6) is 1.26. The van der Waals surface area contributed by atoms with Crippen LogP contribution >= 0.6 is 11.8 Å². The number of nitrogens with one attached hydrogen (secondary N) is 1. The van der Waals surface area contributed by atoms with E-state index in [1.54, 1.807) is 0 Å². The van der Waals surface area contributed by atoms with Gasteiger partial charge in [0, 0.05) is 36.7 Å². The SMILES string of the molecule is Cc1ccccc1CNC(=O)CCCN1CCSc2ccccc21. The van der Waals surface area contributed by atoms with E-state index in [2.05, 4.69) is 53.5 Å². The van der Waals surface area contributed by atoms with Gasteiger partial charge in [-0.15, -0.1) is 11.8 Å². The third-order valence-electron chi connectivity index (χ3n) is 4.39. The van der Waals surface area contributed by atoms with Crippen molar-refractivity contribution in [2.75, 3.05) is 23.7 Å². The molecule has 0 saturated carbocycles. The van der Waals surface area contributed by atoms with Gasteiger partial charge in [0.15, 0.2) is 0 Å². The first kappa shape index (κ1) is 16.9. The van der Waals surface area contributed by atoms with E-state index in [1.165, 1.54) is 21.7 Å². The Hall–Kier alpha value is -1.94. The molecule has 126 valence electrons. The van der Waals surface area contributed by atoms with Crippen LogP contribution in [0.15, 0.2) is 53.4 Å². The zero-order valence-electron chi connectivity index (χ0n) is 14.1. The number of para-hydroxylation sites is 1. The number of thioether (sulfide) groups is 1. The lowest BCUT2D eigenvalue weighted by atomic mass is 10.1. The summed E-state index contributed by atoms with van der Waals surface area (Å²) in [5.41, 5.74) is 3.72. The highest BCUT2D eigenvalue weighted by Crippen LogP contribution is 2.34. The summed E-state index contributed by atoms with van der Waals surface area (Å²) >= 11 is 1.92. The summed E-state index contributed by atoms with van der Waals surface area (Å²) in [7, 11) is 0. The smallest absolute Gasteiger partial charge is 0.220 e. The first-order chi connectivity index (χ1) is 11.7. The minimum Gasteiger partial charge on any atom is -0.370 e. The van der Waals surface area contributed by atoms with Crippen molar-refractivity contribution < 1.29 is 4.79 Å². The van der Waals surface area contributed by atoms with Gasteiger partial charge < -0.3 is 10.2 Å². The van der Waals surface area contributed by atoms with Crippen molar-refractivity contribution in [2.24, 2.45) is 0 Å². The molecule has 2 aromatic rings. The second-order valence-corrected chi connectivity index (χ2v) is 7.25. The Bertz CT molecular complexity index is 702. The van der Waals surface area contributed by atoms with Gasteiger partial charge in [0.05, 0.1) is 5.69 Å². The van der Waals surface area contributed by atoms with Gasteiger partial charge in [-0.2, -0.15) is 0 Å². The van der Waals surface area contributed by atoms with Gasteiger partial charge in [-0.05, 0) is 36.6 Å². The van der Waals surface area contributed by atoms with Crippen molar-refractivity contribution in [1.82, 2.24) is 5.32 Å². The maximum atomic E-state index is 12.1. The summed E-state index contributed by atoms with van der Waals surface area (Å²) in [6.45, 7) is 4.70. The minimum absolute atomic E-state index is 0.137. The first-order valence-corrected chi connectivity index (χ1v) is 9.50. The average molecular weight is 340 g/mol. The molecule has 2 aromatic carbocycles. The number of anilines is 1. The Morgan fingerprint density at radius 2 is 1.96 bits per heavy atom. The Morgan fingerprint density at radius 3 is 2.83 bits per heavy atom. The number of benzene rings is 2. The number of nitrogens with zero attached hydrogens (tertiary/aromatic N) is 1. The molecule has 0 unspecified atom stereocenters. The quantitative estimate of drug-likeness (QED) is 0.862. The van der Waals surface area contributed by atoms with Crippen molar-refractivity contribution in [3.63, 3.8) is 0 Å². The molecule has 3 rings (SSSR count). The standard InChI is InChI=1S/C20H24N2OS/c1-16-7-2-3-8-17(16)15-21-20(23)11-6-12-22-13-14-24-19-10-5-4-9-18(19)22/h2-5,7-10H,6,11-15H2,1H3,(H,21,23). The third kappa shape index (κ3) is 4.32. The molecular weight excluding hydrogens is 316 g/mol. The van der Waals surface area contributed by atoms with Crippen LogP contribution in [0, 0.1) is 6.92 Å². The van der Waals surface area contributed by atoms with Crippen LogP contribution in [-0.2, 0) is 11.3 Å². The lowest BCUT2D eigenvalue weighted by Crippen LogP contribution is -2.31. The normalized spacial score (nSPS) is 13.5. The number of fused-ring (bicyclic) bond motifs is 1. The summed E-state index contributed by atoms with van der Waals surface area (Å²) < 4.78 is 0. The van der Waals surface area contributed by atoms with Crippen LogP contribution in [0.3, 0.4) is 0 Å². The minimum atomic E-state index is 0.137. The molecule has 1 heterocycles. The van der Waals surface area contributed by atoms with Crippen LogP contribution in [0.5, 0.6) is 0 Å². The van der Waals surface area contributed by atoms with Gasteiger partial charge in [-0.25, -0.2) is 0 Å². The zero-order chi connectivity index (χ0) is 16.8. The molecule has 1 aliphatic heterocycles. The molecule has 0 aromatic heterocycles. The second kappa shape index (κ2) is 8.25. The van der Waals surface area contributed by atoms with Gasteiger partial charge in [-0.3, -0.25) is 4.79 Å². The summed E-state index contributed by atoms with van der Waals surface area (Å²) in [5, 5.41) is 3.04. The summed E-state index contributed by atoms with van der Waals surface area (Å²) in [6, 6.07) is 16.7. The fourth-order valence-corrected chi connectivity index (χ4v) is 4.03. The third-order valence-corrected chi connectivity index (χ3v) is 5.44. The molecule has 1 amide bonds. The number of hydrogen-bond acceptors (Lipinski definition) is 3.